The molecule has 0 bridgehead atoms. The van der Waals surface area contributed by atoms with Crippen molar-refractivity contribution in [3.8, 4) is 0 Å². The Labute approximate surface area is 88.5 Å². The van der Waals surface area contributed by atoms with Crippen molar-refractivity contribution in [1.82, 2.24) is 5.32 Å². The van der Waals surface area contributed by atoms with Crippen LogP contribution < -0.4 is 10.6 Å². The quantitative estimate of drug-likeness (QED) is 0.778. The SMILES string of the molecule is CCc1cc(NC(=O)NC)ccc1Cl. The summed E-state index contributed by atoms with van der Waals surface area (Å²) in [5, 5.41) is 5.90. The first-order valence-electron chi connectivity index (χ1n) is 4.44. The van der Waals surface area contributed by atoms with Gasteiger partial charge in [0.25, 0.3) is 0 Å². The fourth-order valence-electron chi connectivity index (χ4n) is 1.12. The molecule has 1 aromatic carbocycles. The first-order valence-corrected chi connectivity index (χ1v) is 4.82. The van der Waals surface area contributed by atoms with Gasteiger partial charge in [-0.3, -0.25) is 0 Å². The number of halogens is 1. The van der Waals surface area contributed by atoms with Gasteiger partial charge in [0, 0.05) is 17.8 Å². The van der Waals surface area contributed by atoms with Gasteiger partial charge in [0.15, 0.2) is 0 Å². The van der Waals surface area contributed by atoms with E-state index in [1.54, 1.807) is 19.2 Å². The normalized spacial score (nSPS) is 9.64. The van der Waals surface area contributed by atoms with Crippen LogP contribution >= 0.6 is 11.6 Å². The topological polar surface area (TPSA) is 41.1 Å². The highest BCUT2D eigenvalue weighted by molar-refractivity contribution is 6.31. The zero-order chi connectivity index (χ0) is 10.6. The molecule has 0 unspecified atom stereocenters. The molecule has 0 radical (unpaired) electrons. The molecule has 0 aliphatic rings. The minimum absolute atomic E-state index is 0.227. The molecule has 1 rings (SSSR count). The summed E-state index contributed by atoms with van der Waals surface area (Å²) in [6.45, 7) is 2.02. The fourth-order valence-corrected chi connectivity index (χ4v) is 1.37. The molecule has 0 heterocycles. The maximum atomic E-state index is 11.0. The summed E-state index contributed by atoms with van der Waals surface area (Å²) in [5.74, 6) is 0. The molecule has 0 saturated heterocycles. The number of aryl methyl sites for hydroxylation is 1. The predicted molar refractivity (Wildman–Crippen MR) is 58.9 cm³/mol. The van der Waals surface area contributed by atoms with Crippen molar-refractivity contribution < 1.29 is 4.79 Å². The molecule has 0 atom stereocenters. The van der Waals surface area contributed by atoms with Crippen LogP contribution in [0.3, 0.4) is 0 Å². The number of urea groups is 1. The van der Waals surface area contributed by atoms with Crippen LogP contribution in [0.15, 0.2) is 18.2 Å². The second-order valence-corrected chi connectivity index (χ2v) is 3.27. The smallest absolute Gasteiger partial charge is 0.318 e. The lowest BCUT2D eigenvalue weighted by atomic mass is 10.1. The third-order valence-electron chi connectivity index (χ3n) is 1.91. The standard InChI is InChI=1S/C10H13ClN2O/c1-3-7-6-8(4-5-9(7)11)13-10(14)12-2/h4-6H,3H2,1-2H3,(H2,12,13,14). The summed E-state index contributed by atoms with van der Waals surface area (Å²) in [4.78, 5) is 11.0. The molecule has 0 aliphatic heterocycles. The highest BCUT2D eigenvalue weighted by atomic mass is 35.5. The summed E-state index contributed by atoms with van der Waals surface area (Å²) in [5.41, 5.74) is 1.78. The molecule has 0 aliphatic carbocycles. The number of rotatable bonds is 2. The van der Waals surface area contributed by atoms with Gasteiger partial charge in [-0.25, -0.2) is 4.79 Å². The van der Waals surface area contributed by atoms with Gasteiger partial charge in [-0.2, -0.15) is 0 Å². The zero-order valence-corrected chi connectivity index (χ0v) is 8.98. The van der Waals surface area contributed by atoms with Gasteiger partial charge in [0.05, 0.1) is 0 Å². The lowest BCUT2D eigenvalue weighted by molar-refractivity contribution is 0.254. The number of carbonyl (C=O) groups is 1. The Kier molecular flexibility index (Phi) is 3.77. The van der Waals surface area contributed by atoms with Gasteiger partial charge < -0.3 is 10.6 Å². The van der Waals surface area contributed by atoms with Crippen LogP contribution in [0.2, 0.25) is 5.02 Å². The highest BCUT2D eigenvalue weighted by Crippen LogP contribution is 2.20. The van der Waals surface area contributed by atoms with Gasteiger partial charge in [0.2, 0.25) is 0 Å². The number of anilines is 1. The van der Waals surface area contributed by atoms with E-state index in [-0.39, 0.29) is 6.03 Å². The summed E-state index contributed by atoms with van der Waals surface area (Å²) >= 11 is 5.94. The molecular formula is C10H13ClN2O. The van der Waals surface area contributed by atoms with E-state index in [1.807, 2.05) is 13.0 Å². The fraction of sp³-hybridized carbons (Fsp3) is 0.300. The number of amides is 2. The van der Waals surface area contributed by atoms with E-state index in [2.05, 4.69) is 10.6 Å². The van der Waals surface area contributed by atoms with Crippen LogP contribution in [-0.2, 0) is 6.42 Å². The van der Waals surface area contributed by atoms with Gasteiger partial charge >= 0.3 is 6.03 Å². The first kappa shape index (κ1) is 10.9. The van der Waals surface area contributed by atoms with Gasteiger partial charge in [-0.15, -0.1) is 0 Å². The van der Waals surface area contributed by atoms with Crippen molar-refractivity contribution in [2.45, 2.75) is 13.3 Å². The van der Waals surface area contributed by atoms with E-state index in [4.69, 9.17) is 11.6 Å². The summed E-state index contributed by atoms with van der Waals surface area (Å²) in [6, 6.07) is 5.20. The monoisotopic (exact) mass is 212 g/mol. The van der Waals surface area contributed by atoms with Crippen LogP contribution in [0.1, 0.15) is 12.5 Å². The Morgan fingerprint density at radius 1 is 1.50 bits per heavy atom. The summed E-state index contributed by atoms with van der Waals surface area (Å²) < 4.78 is 0. The molecule has 0 spiro atoms. The van der Waals surface area contributed by atoms with E-state index >= 15 is 0 Å². The van der Waals surface area contributed by atoms with Crippen molar-refractivity contribution in [3.63, 3.8) is 0 Å². The Bertz CT molecular complexity index is 339. The molecule has 0 aromatic heterocycles. The van der Waals surface area contributed by atoms with Crippen LogP contribution in [-0.4, -0.2) is 13.1 Å². The maximum Gasteiger partial charge on any atom is 0.318 e. The molecule has 76 valence electrons. The van der Waals surface area contributed by atoms with Crippen molar-refractivity contribution in [2.24, 2.45) is 0 Å². The Morgan fingerprint density at radius 2 is 2.21 bits per heavy atom. The second kappa shape index (κ2) is 4.86. The van der Waals surface area contributed by atoms with E-state index in [9.17, 15) is 4.79 Å². The molecule has 14 heavy (non-hydrogen) atoms. The zero-order valence-electron chi connectivity index (χ0n) is 8.23. The van der Waals surface area contributed by atoms with E-state index in [0.29, 0.717) is 0 Å². The van der Waals surface area contributed by atoms with Crippen LogP contribution in [0.25, 0.3) is 0 Å². The molecule has 0 fully saturated rings. The molecule has 4 heteroatoms. The van der Waals surface area contributed by atoms with Crippen molar-refractivity contribution in [2.75, 3.05) is 12.4 Å². The molecule has 0 saturated carbocycles. The van der Waals surface area contributed by atoms with Gasteiger partial charge in [-0.1, -0.05) is 18.5 Å². The Morgan fingerprint density at radius 3 is 2.79 bits per heavy atom. The number of hydrogen-bond acceptors (Lipinski definition) is 1. The Balaban J connectivity index is 2.84. The van der Waals surface area contributed by atoms with Crippen molar-refractivity contribution in [1.29, 1.82) is 0 Å². The van der Waals surface area contributed by atoms with E-state index < -0.39 is 0 Å². The van der Waals surface area contributed by atoms with E-state index in [1.165, 1.54) is 0 Å². The maximum absolute atomic E-state index is 11.0. The largest absolute Gasteiger partial charge is 0.341 e. The number of nitrogens with one attached hydrogen (secondary N) is 2. The van der Waals surface area contributed by atoms with Gasteiger partial charge in [0.1, 0.15) is 0 Å². The number of hydrogen-bond donors (Lipinski definition) is 2. The molecule has 2 amide bonds. The summed E-state index contributed by atoms with van der Waals surface area (Å²) in [7, 11) is 1.58. The second-order valence-electron chi connectivity index (χ2n) is 2.86. The average Bonchev–Trinajstić information content (AvgIpc) is 2.20. The molecule has 2 N–H and O–H groups in total. The van der Waals surface area contributed by atoms with Crippen LogP contribution in [0.5, 0.6) is 0 Å². The number of benzene rings is 1. The molecular weight excluding hydrogens is 200 g/mol. The Hall–Kier alpha value is -1.22. The molecule has 1 aromatic rings. The minimum atomic E-state index is -0.227. The van der Waals surface area contributed by atoms with Crippen LogP contribution in [0.4, 0.5) is 10.5 Å². The minimum Gasteiger partial charge on any atom is -0.341 e. The third kappa shape index (κ3) is 2.64. The number of carbonyl (C=O) groups excluding carboxylic acids is 1. The van der Waals surface area contributed by atoms with Crippen molar-refractivity contribution in [3.05, 3.63) is 28.8 Å². The average molecular weight is 213 g/mol. The lowest BCUT2D eigenvalue weighted by Gasteiger charge is -2.07. The first-order chi connectivity index (χ1) is 6.67. The molecule has 3 nitrogen and oxygen atoms in total. The summed E-state index contributed by atoms with van der Waals surface area (Å²) in [6.07, 6.45) is 0.849. The highest BCUT2D eigenvalue weighted by Gasteiger charge is 2.02. The lowest BCUT2D eigenvalue weighted by Crippen LogP contribution is -2.24. The van der Waals surface area contributed by atoms with E-state index in [0.717, 1.165) is 22.7 Å². The van der Waals surface area contributed by atoms with Gasteiger partial charge in [-0.05, 0) is 30.2 Å². The third-order valence-corrected chi connectivity index (χ3v) is 2.28. The predicted octanol–water partition coefficient (Wildman–Crippen LogP) is 2.65. The van der Waals surface area contributed by atoms with Crippen LogP contribution in [0, 0.1) is 0 Å². The van der Waals surface area contributed by atoms with Crippen molar-refractivity contribution >= 4 is 23.3 Å².